The average molecular weight is 228 g/mol. The average Bonchev–Trinajstić information content (AvgIpc) is 2.77. The van der Waals surface area contributed by atoms with E-state index in [9.17, 15) is 5.11 Å². The highest BCUT2D eigenvalue weighted by atomic mass is 32.2. The summed E-state index contributed by atoms with van der Waals surface area (Å²) in [5, 5.41) is 19.9. The fourth-order valence-corrected chi connectivity index (χ4v) is 3.10. The Bertz CT molecular complexity index is 340. The molecule has 0 amide bonds. The molecule has 1 aromatic rings. The van der Waals surface area contributed by atoms with E-state index in [-0.39, 0.29) is 18.0 Å². The first-order valence-electron chi connectivity index (χ1n) is 5.18. The molecule has 0 spiro atoms. The highest BCUT2D eigenvalue weighted by Gasteiger charge is 2.27. The monoisotopic (exact) mass is 228 g/mol. The second kappa shape index (κ2) is 4.55. The Hall–Kier alpha value is -0.520. The maximum absolute atomic E-state index is 9.70. The van der Waals surface area contributed by atoms with Gasteiger partial charge in [-0.2, -0.15) is 0 Å². The summed E-state index contributed by atoms with van der Waals surface area (Å²) >= 11 is 1.61. The molecule has 1 aromatic heterocycles. The molecule has 1 fully saturated rings. The molecule has 5 heteroatoms. The maximum Gasteiger partial charge on any atom is 0.168 e. The van der Waals surface area contributed by atoms with Gasteiger partial charge in [0.05, 0.1) is 24.6 Å². The first kappa shape index (κ1) is 11.0. The molecule has 0 aromatic carbocycles. The molecule has 1 heterocycles. The Morgan fingerprint density at radius 3 is 2.93 bits per heavy atom. The summed E-state index contributed by atoms with van der Waals surface area (Å²) in [6.45, 7) is 0.0112. The first-order valence-corrected chi connectivity index (χ1v) is 6.06. The van der Waals surface area contributed by atoms with Gasteiger partial charge in [-0.25, -0.2) is 4.98 Å². The number of thioether (sulfide) groups is 1. The predicted molar refractivity (Wildman–Crippen MR) is 58.6 cm³/mol. The summed E-state index contributed by atoms with van der Waals surface area (Å²) in [5.41, 5.74) is 0.810. The molecular weight excluding hydrogens is 212 g/mol. The van der Waals surface area contributed by atoms with Crippen molar-refractivity contribution in [1.82, 2.24) is 9.55 Å². The minimum absolute atomic E-state index is 0.0112. The first-order chi connectivity index (χ1) is 7.22. The largest absolute Gasteiger partial charge is 0.392 e. The Morgan fingerprint density at radius 2 is 2.40 bits per heavy atom. The van der Waals surface area contributed by atoms with E-state index in [0.29, 0.717) is 0 Å². The van der Waals surface area contributed by atoms with Crippen molar-refractivity contribution in [2.45, 2.75) is 42.4 Å². The van der Waals surface area contributed by atoms with E-state index >= 15 is 0 Å². The van der Waals surface area contributed by atoms with Crippen LogP contribution in [0.1, 0.15) is 25.0 Å². The van der Waals surface area contributed by atoms with Crippen molar-refractivity contribution >= 4 is 11.8 Å². The number of imidazole rings is 1. The summed E-state index contributed by atoms with van der Waals surface area (Å²) in [6.07, 6.45) is 4.52. The summed E-state index contributed by atoms with van der Waals surface area (Å²) in [4.78, 5) is 4.24. The van der Waals surface area contributed by atoms with Crippen molar-refractivity contribution < 1.29 is 10.2 Å². The van der Waals surface area contributed by atoms with Crippen LogP contribution in [0.4, 0.5) is 0 Å². The highest BCUT2D eigenvalue weighted by Crippen LogP contribution is 2.34. The Morgan fingerprint density at radius 1 is 1.60 bits per heavy atom. The summed E-state index contributed by atoms with van der Waals surface area (Å²) in [6, 6.07) is 0. The van der Waals surface area contributed by atoms with Crippen LogP contribution in [0.2, 0.25) is 0 Å². The standard InChI is InChI=1S/C10H16N2O2S/c1-12-7(6-13)5-11-10(12)15-9-4-2-3-8(9)14/h5,8-9,13-14H,2-4,6H2,1H3. The molecule has 4 nitrogen and oxygen atoms in total. The number of nitrogens with zero attached hydrogens (tertiary/aromatic N) is 2. The minimum Gasteiger partial charge on any atom is -0.392 e. The Balaban J connectivity index is 2.07. The van der Waals surface area contributed by atoms with Gasteiger partial charge in [-0.15, -0.1) is 0 Å². The van der Waals surface area contributed by atoms with Gasteiger partial charge < -0.3 is 14.8 Å². The fraction of sp³-hybridized carbons (Fsp3) is 0.700. The fourth-order valence-electron chi connectivity index (χ4n) is 1.86. The number of aromatic nitrogens is 2. The van der Waals surface area contributed by atoms with Crippen LogP contribution in [0.3, 0.4) is 0 Å². The zero-order chi connectivity index (χ0) is 10.8. The molecule has 2 unspecified atom stereocenters. The van der Waals surface area contributed by atoms with Crippen molar-refractivity contribution in [3.05, 3.63) is 11.9 Å². The van der Waals surface area contributed by atoms with Crippen LogP contribution in [0.25, 0.3) is 0 Å². The smallest absolute Gasteiger partial charge is 0.168 e. The second-order valence-electron chi connectivity index (χ2n) is 3.90. The molecule has 0 radical (unpaired) electrons. The predicted octanol–water partition coefficient (Wildman–Crippen LogP) is 0.918. The summed E-state index contributed by atoms with van der Waals surface area (Å²) < 4.78 is 1.88. The van der Waals surface area contributed by atoms with Crippen LogP contribution in [0.15, 0.2) is 11.4 Å². The van der Waals surface area contributed by atoms with Crippen molar-refractivity contribution in [2.75, 3.05) is 0 Å². The third-order valence-electron chi connectivity index (χ3n) is 2.88. The molecule has 2 N–H and O–H groups in total. The van der Waals surface area contributed by atoms with Gasteiger partial charge in [-0.05, 0) is 19.3 Å². The third-order valence-corrected chi connectivity index (χ3v) is 4.32. The topological polar surface area (TPSA) is 58.3 Å². The van der Waals surface area contributed by atoms with E-state index in [1.165, 1.54) is 0 Å². The van der Waals surface area contributed by atoms with E-state index in [1.807, 2.05) is 11.6 Å². The molecule has 2 atom stereocenters. The van der Waals surface area contributed by atoms with Crippen molar-refractivity contribution in [2.24, 2.45) is 7.05 Å². The second-order valence-corrected chi connectivity index (χ2v) is 5.11. The van der Waals surface area contributed by atoms with Gasteiger partial charge in [-0.1, -0.05) is 11.8 Å². The lowest BCUT2D eigenvalue weighted by Crippen LogP contribution is -2.15. The van der Waals surface area contributed by atoms with E-state index in [2.05, 4.69) is 4.98 Å². The van der Waals surface area contributed by atoms with Gasteiger partial charge in [0.1, 0.15) is 0 Å². The van der Waals surface area contributed by atoms with Crippen LogP contribution >= 0.6 is 11.8 Å². The number of aliphatic hydroxyl groups is 2. The lowest BCUT2D eigenvalue weighted by molar-refractivity contribution is 0.188. The van der Waals surface area contributed by atoms with E-state index in [1.54, 1.807) is 18.0 Å². The van der Waals surface area contributed by atoms with E-state index in [4.69, 9.17) is 5.11 Å². The van der Waals surface area contributed by atoms with Crippen molar-refractivity contribution in [3.8, 4) is 0 Å². The third kappa shape index (κ3) is 2.19. The molecule has 15 heavy (non-hydrogen) atoms. The van der Waals surface area contributed by atoms with Crippen molar-refractivity contribution in [3.63, 3.8) is 0 Å². The molecule has 0 saturated heterocycles. The molecule has 0 bridgehead atoms. The molecular formula is C10H16N2O2S. The van der Waals surface area contributed by atoms with Gasteiger partial charge >= 0.3 is 0 Å². The van der Waals surface area contributed by atoms with Crippen LogP contribution in [0.5, 0.6) is 0 Å². The number of rotatable bonds is 3. The molecule has 84 valence electrons. The zero-order valence-electron chi connectivity index (χ0n) is 8.76. The van der Waals surface area contributed by atoms with Gasteiger partial charge in [0.2, 0.25) is 0 Å². The zero-order valence-corrected chi connectivity index (χ0v) is 9.57. The van der Waals surface area contributed by atoms with Crippen molar-refractivity contribution in [1.29, 1.82) is 0 Å². The van der Waals surface area contributed by atoms with Crippen LogP contribution in [-0.4, -0.2) is 31.1 Å². The van der Waals surface area contributed by atoms with Crippen LogP contribution in [0, 0.1) is 0 Å². The quantitative estimate of drug-likeness (QED) is 0.807. The Labute approximate surface area is 93.3 Å². The number of hydrogen-bond donors (Lipinski definition) is 2. The van der Waals surface area contributed by atoms with Crippen LogP contribution < -0.4 is 0 Å². The number of hydrogen-bond acceptors (Lipinski definition) is 4. The number of aliphatic hydroxyl groups excluding tert-OH is 2. The molecule has 1 aliphatic carbocycles. The summed E-state index contributed by atoms with van der Waals surface area (Å²) in [7, 11) is 1.89. The highest BCUT2D eigenvalue weighted by molar-refractivity contribution is 7.99. The molecule has 2 rings (SSSR count). The Kier molecular flexibility index (Phi) is 3.33. The van der Waals surface area contributed by atoms with Gasteiger partial charge in [0.15, 0.2) is 5.16 Å². The van der Waals surface area contributed by atoms with Crippen LogP contribution in [-0.2, 0) is 13.7 Å². The van der Waals surface area contributed by atoms with Gasteiger partial charge in [0, 0.05) is 12.3 Å². The van der Waals surface area contributed by atoms with Gasteiger partial charge in [0.25, 0.3) is 0 Å². The van der Waals surface area contributed by atoms with E-state index in [0.717, 1.165) is 30.1 Å². The van der Waals surface area contributed by atoms with Gasteiger partial charge in [-0.3, -0.25) is 0 Å². The lowest BCUT2D eigenvalue weighted by atomic mass is 10.3. The summed E-state index contributed by atoms with van der Waals surface area (Å²) in [5.74, 6) is 0. The molecule has 0 aliphatic heterocycles. The maximum atomic E-state index is 9.70. The molecule has 1 aliphatic rings. The molecule has 1 saturated carbocycles. The SMILES string of the molecule is Cn1c(CO)cnc1SC1CCCC1O. The normalized spacial score (nSPS) is 26.1. The minimum atomic E-state index is -0.204. The van der Waals surface area contributed by atoms with E-state index < -0.39 is 0 Å². The lowest BCUT2D eigenvalue weighted by Gasteiger charge is -2.13.